The van der Waals surface area contributed by atoms with Crippen LogP contribution in [0.1, 0.15) is 136 Å². The van der Waals surface area contributed by atoms with Gasteiger partial charge in [-0.25, -0.2) is 0 Å². The van der Waals surface area contributed by atoms with E-state index in [1.807, 2.05) is 0 Å². The third kappa shape index (κ3) is 19.6. The van der Waals surface area contributed by atoms with E-state index in [9.17, 15) is 4.79 Å². The molecule has 0 aromatic heterocycles. The maximum Gasteiger partial charge on any atom is 0.303 e. The summed E-state index contributed by atoms with van der Waals surface area (Å²) in [4.78, 5) is 10.5. The molecule has 0 saturated carbocycles. The molecule has 1 atom stereocenters. The molecule has 0 bridgehead atoms. The first kappa shape index (κ1) is 24.5. The van der Waals surface area contributed by atoms with Crippen LogP contribution in [0.25, 0.3) is 0 Å². The van der Waals surface area contributed by atoms with Crippen LogP contribution in [0.15, 0.2) is 0 Å². The van der Waals surface area contributed by atoms with Crippen molar-refractivity contribution in [3.63, 3.8) is 0 Å². The minimum atomic E-state index is -0.649. The average Bonchev–Trinajstić information content (AvgIpc) is 2.59. The average molecular weight is 355 g/mol. The van der Waals surface area contributed by atoms with Gasteiger partial charge >= 0.3 is 5.97 Å². The highest BCUT2D eigenvalue weighted by Crippen LogP contribution is 2.24. The zero-order valence-electron chi connectivity index (χ0n) is 17.4. The van der Waals surface area contributed by atoms with Crippen molar-refractivity contribution in [2.45, 2.75) is 136 Å². The van der Waals surface area contributed by atoms with Gasteiger partial charge in [-0.2, -0.15) is 0 Å². The molecule has 0 aliphatic heterocycles. The lowest BCUT2D eigenvalue weighted by Crippen LogP contribution is -2.01. The Morgan fingerprint density at radius 2 is 0.960 bits per heavy atom. The van der Waals surface area contributed by atoms with Crippen molar-refractivity contribution >= 4 is 5.97 Å². The van der Waals surface area contributed by atoms with Crippen LogP contribution in [0.3, 0.4) is 0 Å². The Labute approximate surface area is 158 Å². The fraction of sp³-hybridized carbons (Fsp3) is 0.957. The quantitative estimate of drug-likeness (QED) is 0.224. The first-order chi connectivity index (χ1) is 12.2. The molecule has 0 aromatic carbocycles. The molecule has 0 aromatic rings. The molecule has 1 unspecified atom stereocenters. The van der Waals surface area contributed by atoms with E-state index in [0.29, 0.717) is 6.42 Å². The highest BCUT2D eigenvalue weighted by atomic mass is 16.4. The number of unbranched alkanes of at least 4 members (excludes halogenated alkanes) is 12. The lowest BCUT2D eigenvalue weighted by Gasteiger charge is -2.17. The fourth-order valence-electron chi connectivity index (χ4n) is 3.75. The van der Waals surface area contributed by atoms with Gasteiger partial charge in [0.1, 0.15) is 0 Å². The van der Waals surface area contributed by atoms with E-state index in [0.717, 1.165) is 18.8 Å². The molecule has 0 aliphatic carbocycles. The first-order valence-corrected chi connectivity index (χ1v) is 11.4. The van der Waals surface area contributed by atoms with Crippen LogP contribution in [0.4, 0.5) is 0 Å². The monoisotopic (exact) mass is 354 g/mol. The minimum absolute atomic E-state index is 0.345. The predicted octanol–water partition coefficient (Wildman–Crippen LogP) is 8.14. The Bertz CT molecular complexity index is 275. The summed E-state index contributed by atoms with van der Waals surface area (Å²) >= 11 is 0. The van der Waals surface area contributed by atoms with Crippen LogP contribution >= 0.6 is 0 Å². The smallest absolute Gasteiger partial charge is 0.303 e. The highest BCUT2D eigenvalue weighted by molar-refractivity contribution is 5.66. The lowest BCUT2D eigenvalue weighted by molar-refractivity contribution is -0.137. The molecule has 150 valence electrons. The Morgan fingerprint density at radius 3 is 1.44 bits per heavy atom. The van der Waals surface area contributed by atoms with Crippen LogP contribution in [0, 0.1) is 5.92 Å². The number of carboxylic acid groups (broad SMARTS) is 1. The van der Waals surface area contributed by atoms with Crippen LogP contribution in [0.5, 0.6) is 0 Å². The summed E-state index contributed by atoms with van der Waals surface area (Å²) < 4.78 is 0. The van der Waals surface area contributed by atoms with Crippen molar-refractivity contribution in [3.8, 4) is 0 Å². The first-order valence-electron chi connectivity index (χ1n) is 11.4. The molecule has 0 radical (unpaired) electrons. The Hall–Kier alpha value is -0.530. The van der Waals surface area contributed by atoms with Crippen molar-refractivity contribution in [2.24, 2.45) is 5.92 Å². The summed E-state index contributed by atoms with van der Waals surface area (Å²) in [6.45, 7) is 4.59. The van der Waals surface area contributed by atoms with Crippen molar-refractivity contribution in [1.82, 2.24) is 0 Å². The van der Waals surface area contributed by atoms with Gasteiger partial charge in [0.25, 0.3) is 0 Å². The van der Waals surface area contributed by atoms with Crippen molar-refractivity contribution < 1.29 is 9.90 Å². The molecule has 0 saturated heterocycles. The molecule has 0 amide bonds. The molecule has 0 aliphatic rings. The van der Waals surface area contributed by atoms with Gasteiger partial charge in [0, 0.05) is 6.42 Å². The van der Waals surface area contributed by atoms with Crippen molar-refractivity contribution in [3.05, 3.63) is 0 Å². The molecule has 0 fully saturated rings. The van der Waals surface area contributed by atoms with Crippen molar-refractivity contribution in [1.29, 1.82) is 0 Å². The van der Waals surface area contributed by atoms with Gasteiger partial charge in [-0.3, -0.25) is 4.79 Å². The van der Waals surface area contributed by atoms with Crippen LogP contribution in [-0.2, 0) is 4.79 Å². The number of hydrogen-bond acceptors (Lipinski definition) is 1. The summed E-state index contributed by atoms with van der Waals surface area (Å²) in [6, 6.07) is 0. The van der Waals surface area contributed by atoms with Gasteiger partial charge in [-0.1, -0.05) is 123 Å². The molecule has 0 spiro atoms. The van der Waals surface area contributed by atoms with E-state index in [1.165, 1.54) is 103 Å². The number of aliphatic carboxylic acids is 1. The highest BCUT2D eigenvalue weighted by Gasteiger charge is 2.08. The van der Waals surface area contributed by atoms with E-state index < -0.39 is 5.97 Å². The third-order valence-electron chi connectivity index (χ3n) is 5.43. The second-order valence-corrected chi connectivity index (χ2v) is 7.97. The molecule has 2 nitrogen and oxygen atoms in total. The zero-order chi connectivity index (χ0) is 18.6. The number of hydrogen-bond donors (Lipinski definition) is 1. The summed E-state index contributed by atoms with van der Waals surface area (Å²) in [5.41, 5.74) is 0. The summed E-state index contributed by atoms with van der Waals surface area (Å²) in [5, 5.41) is 8.64. The second kappa shape index (κ2) is 19.8. The topological polar surface area (TPSA) is 37.3 Å². The van der Waals surface area contributed by atoms with E-state index in [2.05, 4.69) is 13.8 Å². The van der Waals surface area contributed by atoms with Gasteiger partial charge in [-0.05, 0) is 12.3 Å². The van der Waals surface area contributed by atoms with E-state index in [-0.39, 0.29) is 0 Å². The zero-order valence-corrected chi connectivity index (χ0v) is 17.4. The predicted molar refractivity (Wildman–Crippen MR) is 110 cm³/mol. The summed E-state index contributed by atoms with van der Waals surface area (Å²) in [6.07, 6.45) is 24.5. The second-order valence-electron chi connectivity index (χ2n) is 7.97. The minimum Gasteiger partial charge on any atom is -0.481 e. The van der Waals surface area contributed by atoms with E-state index in [4.69, 9.17) is 5.11 Å². The molecular weight excluding hydrogens is 308 g/mol. The van der Waals surface area contributed by atoms with Crippen molar-refractivity contribution in [2.75, 3.05) is 0 Å². The fourth-order valence-corrected chi connectivity index (χ4v) is 3.75. The van der Waals surface area contributed by atoms with E-state index in [1.54, 1.807) is 0 Å². The standard InChI is InChI=1S/C23H46O2/c1-3-5-7-8-11-15-19-22(18-14-6-4-2)20-16-12-9-10-13-17-21-23(24)25/h22H,3-21H2,1-2H3,(H,24,25). The number of carbonyl (C=O) groups is 1. The van der Waals surface area contributed by atoms with Gasteiger partial charge in [0.2, 0.25) is 0 Å². The van der Waals surface area contributed by atoms with Crippen LogP contribution in [0.2, 0.25) is 0 Å². The maximum absolute atomic E-state index is 10.5. The lowest BCUT2D eigenvalue weighted by atomic mass is 9.89. The van der Waals surface area contributed by atoms with E-state index >= 15 is 0 Å². The molecule has 2 heteroatoms. The molecule has 25 heavy (non-hydrogen) atoms. The van der Waals surface area contributed by atoms with Gasteiger partial charge in [0.15, 0.2) is 0 Å². The third-order valence-corrected chi connectivity index (χ3v) is 5.43. The largest absolute Gasteiger partial charge is 0.481 e. The molecule has 0 heterocycles. The van der Waals surface area contributed by atoms with Crippen LogP contribution < -0.4 is 0 Å². The number of carboxylic acids is 1. The Morgan fingerprint density at radius 1 is 0.600 bits per heavy atom. The summed E-state index contributed by atoms with van der Waals surface area (Å²) in [5.74, 6) is 0.314. The SMILES string of the molecule is CCCCCCCCC(CCCCC)CCCCCCCCC(=O)O. The normalized spacial score (nSPS) is 12.4. The molecule has 1 N–H and O–H groups in total. The Balaban J connectivity index is 3.66. The van der Waals surface area contributed by atoms with Crippen LogP contribution in [-0.4, -0.2) is 11.1 Å². The summed E-state index contributed by atoms with van der Waals surface area (Å²) in [7, 11) is 0. The van der Waals surface area contributed by atoms with Gasteiger partial charge in [0.05, 0.1) is 0 Å². The van der Waals surface area contributed by atoms with Gasteiger partial charge in [-0.15, -0.1) is 0 Å². The molecular formula is C23H46O2. The number of rotatable bonds is 20. The van der Waals surface area contributed by atoms with Gasteiger partial charge < -0.3 is 5.11 Å². The Kier molecular flexibility index (Phi) is 19.4. The maximum atomic E-state index is 10.5. The molecule has 0 rings (SSSR count).